The van der Waals surface area contributed by atoms with Gasteiger partial charge in [0.2, 0.25) is 5.91 Å². The second-order valence-electron chi connectivity index (χ2n) is 26.7. The molecule has 0 aromatic heterocycles. The number of aliphatic hydroxyl groups is 5. The van der Waals surface area contributed by atoms with Gasteiger partial charge < -0.3 is 45.1 Å². The van der Waals surface area contributed by atoms with Crippen LogP contribution in [0.4, 0.5) is 0 Å². The summed E-state index contributed by atoms with van der Waals surface area (Å²) in [6.07, 6.45) is 78.4. The van der Waals surface area contributed by atoms with Crippen molar-refractivity contribution in [1.82, 2.24) is 5.32 Å². The number of allylic oxidation sites excluding steroid dienone is 7. The van der Waals surface area contributed by atoms with Crippen LogP contribution in [0, 0.1) is 0 Å². The molecule has 7 atom stereocenters. The second kappa shape index (κ2) is 67.1. The molecule has 6 N–H and O–H groups in total. The van der Waals surface area contributed by atoms with Crippen LogP contribution in [0.3, 0.4) is 0 Å². The summed E-state index contributed by atoms with van der Waals surface area (Å²) < 4.78 is 16.7. The second-order valence-corrected chi connectivity index (χ2v) is 26.7. The Bertz CT molecular complexity index is 1620. The summed E-state index contributed by atoms with van der Waals surface area (Å²) in [5.41, 5.74) is 0. The van der Waals surface area contributed by atoms with E-state index in [4.69, 9.17) is 14.2 Å². The number of carbonyl (C=O) groups excluding carboxylic acids is 2. The molecule has 11 heteroatoms. The fourth-order valence-electron chi connectivity index (χ4n) is 12.1. The third-order valence-corrected chi connectivity index (χ3v) is 18.2. The Labute approximate surface area is 548 Å². The first-order chi connectivity index (χ1) is 43.7. The molecule has 7 unspecified atom stereocenters. The molecule has 11 nitrogen and oxygen atoms in total. The number of rotatable bonds is 68. The summed E-state index contributed by atoms with van der Waals surface area (Å²) in [6, 6.07) is -0.827. The number of esters is 1. The predicted molar refractivity (Wildman–Crippen MR) is 375 cm³/mol. The zero-order chi connectivity index (χ0) is 64.4. The van der Waals surface area contributed by atoms with Gasteiger partial charge in [0.1, 0.15) is 24.4 Å². The van der Waals surface area contributed by atoms with E-state index in [1.54, 1.807) is 6.08 Å². The molecule has 1 heterocycles. The summed E-state index contributed by atoms with van der Waals surface area (Å²) in [5, 5.41) is 54.6. The van der Waals surface area contributed by atoms with E-state index >= 15 is 0 Å². The number of amides is 1. The summed E-state index contributed by atoms with van der Waals surface area (Å²) in [6.45, 7) is 4.37. The first-order valence-electron chi connectivity index (χ1n) is 38.4. The highest BCUT2D eigenvalue weighted by Gasteiger charge is 2.44. The van der Waals surface area contributed by atoms with E-state index in [0.29, 0.717) is 19.4 Å². The zero-order valence-corrected chi connectivity index (χ0v) is 58.2. The number of hydrogen-bond donors (Lipinski definition) is 6. The third kappa shape index (κ3) is 55.8. The van der Waals surface area contributed by atoms with Crippen LogP contribution in [0.2, 0.25) is 0 Å². The van der Waals surface area contributed by atoms with Crippen LogP contribution in [-0.4, -0.2) is 100 Å². The van der Waals surface area contributed by atoms with Crippen LogP contribution in [0.1, 0.15) is 373 Å². The van der Waals surface area contributed by atoms with Gasteiger partial charge in [-0.1, -0.05) is 332 Å². The van der Waals surface area contributed by atoms with Crippen molar-refractivity contribution in [3.05, 3.63) is 48.6 Å². The Morgan fingerprint density at radius 3 is 1.18 bits per heavy atom. The number of aliphatic hydroxyl groups excluding tert-OH is 5. The van der Waals surface area contributed by atoms with E-state index < -0.39 is 49.5 Å². The van der Waals surface area contributed by atoms with Gasteiger partial charge in [0.15, 0.2) is 6.29 Å². The number of carbonyl (C=O) groups is 2. The van der Waals surface area contributed by atoms with Crippen molar-refractivity contribution in [2.75, 3.05) is 19.8 Å². The van der Waals surface area contributed by atoms with Gasteiger partial charge in [0.05, 0.1) is 32.0 Å². The first kappa shape index (κ1) is 84.6. The highest BCUT2D eigenvalue weighted by Crippen LogP contribution is 2.23. The van der Waals surface area contributed by atoms with Crippen molar-refractivity contribution in [3.63, 3.8) is 0 Å². The normalized spacial score (nSPS) is 17.9. The molecule has 0 spiro atoms. The Morgan fingerprint density at radius 2 is 0.764 bits per heavy atom. The summed E-state index contributed by atoms with van der Waals surface area (Å²) >= 11 is 0. The Kier molecular flexibility index (Phi) is 63.8. The van der Waals surface area contributed by atoms with Crippen LogP contribution in [0.5, 0.6) is 0 Å². The van der Waals surface area contributed by atoms with Crippen LogP contribution in [0.25, 0.3) is 0 Å². The predicted octanol–water partition coefficient (Wildman–Crippen LogP) is 20.3. The molecular weight excluding hydrogens is 1110 g/mol. The Morgan fingerprint density at radius 1 is 0.416 bits per heavy atom. The minimum Gasteiger partial charge on any atom is -0.466 e. The Hall–Kier alpha value is -2.38. The van der Waals surface area contributed by atoms with Gasteiger partial charge in [-0.05, 0) is 77.0 Å². The van der Waals surface area contributed by atoms with Gasteiger partial charge in [0, 0.05) is 12.8 Å². The van der Waals surface area contributed by atoms with Crippen molar-refractivity contribution in [3.8, 4) is 0 Å². The van der Waals surface area contributed by atoms with E-state index in [2.05, 4.69) is 55.6 Å². The lowest BCUT2D eigenvalue weighted by Crippen LogP contribution is -2.60. The van der Waals surface area contributed by atoms with Gasteiger partial charge in [0.25, 0.3) is 0 Å². The van der Waals surface area contributed by atoms with Crippen LogP contribution in [-0.2, 0) is 23.8 Å². The third-order valence-electron chi connectivity index (χ3n) is 18.2. The molecule has 1 aliphatic rings. The molecule has 1 aliphatic heterocycles. The van der Waals surface area contributed by atoms with E-state index in [9.17, 15) is 35.1 Å². The lowest BCUT2D eigenvalue weighted by molar-refractivity contribution is -0.302. The van der Waals surface area contributed by atoms with E-state index in [1.165, 1.54) is 289 Å². The van der Waals surface area contributed by atoms with Crippen molar-refractivity contribution in [2.24, 2.45) is 0 Å². The molecule has 0 bridgehead atoms. The highest BCUT2D eigenvalue weighted by molar-refractivity contribution is 5.76. The highest BCUT2D eigenvalue weighted by atomic mass is 16.7. The summed E-state index contributed by atoms with van der Waals surface area (Å²) in [7, 11) is 0. The zero-order valence-electron chi connectivity index (χ0n) is 58.2. The smallest absolute Gasteiger partial charge is 0.305 e. The Balaban J connectivity index is 1.97. The van der Waals surface area contributed by atoms with Gasteiger partial charge in [-0.25, -0.2) is 0 Å². The molecule has 0 radical (unpaired) electrons. The molecule has 522 valence electrons. The lowest BCUT2D eigenvalue weighted by Gasteiger charge is -2.40. The minimum absolute atomic E-state index is 0.00987. The molecular formula is C78H145NO10. The van der Waals surface area contributed by atoms with Gasteiger partial charge in [-0.2, -0.15) is 0 Å². The van der Waals surface area contributed by atoms with Crippen molar-refractivity contribution in [1.29, 1.82) is 0 Å². The summed E-state index contributed by atoms with van der Waals surface area (Å²) in [4.78, 5) is 25.1. The van der Waals surface area contributed by atoms with Crippen LogP contribution >= 0.6 is 0 Å². The minimum atomic E-state index is -1.58. The number of nitrogens with one attached hydrogen (secondary N) is 1. The molecule has 1 fully saturated rings. The van der Waals surface area contributed by atoms with Gasteiger partial charge in [-0.15, -0.1) is 0 Å². The van der Waals surface area contributed by atoms with E-state index in [0.717, 1.165) is 57.8 Å². The molecule has 1 saturated heterocycles. The van der Waals surface area contributed by atoms with E-state index in [-0.39, 0.29) is 18.5 Å². The molecule has 1 rings (SSSR count). The molecule has 0 aromatic carbocycles. The topological polar surface area (TPSA) is 175 Å². The number of unbranched alkanes of at least 4 members (excludes halogenated alkanes) is 48. The monoisotopic (exact) mass is 1260 g/mol. The molecule has 89 heavy (non-hydrogen) atoms. The number of ether oxygens (including phenoxy) is 3. The van der Waals surface area contributed by atoms with Gasteiger partial charge in [-0.3, -0.25) is 9.59 Å². The maximum absolute atomic E-state index is 13.1. The number of hydrogen-bond acceptors (Lipinski definition) is 10. The molecule has 1 amide bonds. The SMILES string of the molecule is CCCCCCCCCCC/C=C/CC/C=C/C(O)C(COC1OC(CO)C(O)C(O)C1O)NC(=O)CCCCCCCCCCCCCCCCCCC/C=C\C/C=C\CCCCCCCCCCCCCOC(=O)CCCCCCCCCCCCC. The average Bonchev–Trinajstić information content (AvgIpc) is 2.74. The molecule has 0 saturated carbocycles. The van der Waals surface area contributed by atoms with Crippen LogP contribution in [0.15, 0.2) is 48.6 Å². The lowest BCUT2D eigenvalue weighted by atomic mass is 9.99. The molecule has 0 aromatic rings. The maximum Gasteiger partial charge on any atom is 0.305 e. The van der Waals surface area contributed by atoms with E-state index in [1.807, 2.05) is 6.08 Å². The average molecular weight is 1260 g/mol. The van der Waals surface area contributed by atoms with Crippen LogP contribution < -0.4 is 5.32 Å². The summed E-state index contributed by atoms with van der Waals surface area (Å²) in [5.74, 6) is -0.177. The largest absolute Gasteiger partial charge is 0.466 e. The van der Waals surface area contributed by atoms with Crippen molar-refractivity contribution < 1.29 is 49.3 Å². The maximum atomic E-state index is 13.1. The fourth-order valence-corrected chi connectivity index (χ4v) is 12.1. The van der Waals surface area contributed by atoms with Gasteiger partial charge >= 0.3 is 5.97 Å². The first-order valence-corrected chi connectivity index (χ1v) is 38.4. The van der Waals surface area contributed by atoms with Crippen molar-refractivity contribution in [2.45, 2.75) is 416 Å². The van der Waals surface area contributed by atoms with Crippen molar-refractivity contribution >= 4 is 11.9 Å². The quantitative estimate of drug-likeness (QED) is 0.0195. The standard InChI is InChI=1S/C78H145NO10/c1-3-5-7-9-11-13-15-16-38-41-45-48-52-56-60-64-71(81)70(69-88-78-77(86)76(85)75(84)72(68-80)89-78)79-73(82)65-61-57-53-49-46-42-39-36-34-32-30-28-26-24-22-20-18-17-19-21-23-25-27-29-31-33-35-37-40-43-47-51-55-59-63-67-87-74(83)66-62-58-54-50-44-14-12-10-8-6-4-2/h19,21,25,27,45,48,60,64,70-72,75-78,80-81,84-86H,3-18,20,22-24,26,28-44,46-47,49-59,61-63,65-69H2,1-2H3,(H,79,82)/b21-19-,27-25-,48-45+,64-60+. The fraction of sp³-hybridized carbons (Fsp3) is 0.872. The molecule has 0 aliphatic carbocycles.